The number of aliphatic hydroxyl groups is 1. The molecule has 138 valence electrons. The van der Waals surface area contributed by atoms with E-state index in [0.29, 0.717) is 17.4 Å². The molecule has 1 heterocycles. The van der Waals surface area contributed by atoms with Gasteiger partial charge in [-0.1, -0.05) is 0 Å². The Kier molecular flexibility index (Phi) is 3.55. The average molecular weight is 371 g/mol. The summed E-state index contributed by atoms with van der Waals surface area (Å²) < 4.78 is 1.12. The molecule has 1 aromatic carbocycles. The summed E-state index contributed by atoms with van der Waals surface area (Å²) in [6, 6.07) is 5.87. The molecule has 3 atom stereocenters. The normalized spacial score (nSPS) is 36.4. The van der Waals surface area contributed by atoms with E-state index in [2.05, 4.69) is 17.2 Å². The van der Waals surface area contributed by atoms with Crippen molar-refractivity contribution in [2.45, 2.75) is 64.0 Å². The Hall–Kier alpha value is -1.46. The van der Waals surface area contributed by atoms with Gasteiger partial charge in [0.05, 0.1) is 20.8 Å². The first-order valence-electron chi connectivity index (χ1n) is 9.75. The van der Waals surface area contributed by atoms with Crippen LogP contribution in [0.1, 0.15) is 60.8 Å². The van der Waals surface area contributed by atoms with E-state index in [0.717, 1.165) is 47.3 Å². The highest BCUT2D eigenvalue weighted by atomic mass is 32.1. The van der Waals surface area contributed by atoms with Crippen LogP contribution in [-0.2, 0) is 0 Å². The molecule has 4 saturated carbocycles. The second-order valence-electron chi connectivity index (χ2n) is 9.16. The van der Waals surface area contributed by atoms with Crippen molar-refractivity contribution < 1.29 is 9.90 Å². The smallest absolute Gasteiger partial charge is 0.251 e. The van der Waals surface area contributed by atoms with Crippen LogP contribution in [0.25, 0.3) is 10.2 Å². The summed E-state index contributed by atoms with van der Waals surface area (Å²) >= 11 is 1.65. The molecule has 4 aliphatic carbocycles. The van der Waals surface area contributed by atoms with Crippen molar-refractivity contribution in [2.75, 3.05) is 0 Å². The second-order valence-corrected chi connectivity index (χ2v) is 10.4. The molecule has 0 spiro atoms. The number of aromatic nitrogens is 1. The SMILES string of the molecule is Cc1nc2cc(C(=O)N[C@H](C)C34C[C@H]5C[C@@H](CC(O)(C5)C3)C4)ccc2s1. The van der Waals surface area contributed by atoms with Crippen molar-refractivity contribution in [1.29, 1.82) is 0 Å². The van der Waals surface area contributed by atoms with Gasteiger partial charge in [0.1, 0.15) is 0 Å². The number of carbonyl (C=O) groups excluding carboxylic acids is 1. The van der Waals surface area contributed by atoms with Gasteiger partial charge in [0.25, 0.3) is 5.91 Å². The zero-order valence-electron chi connectivity index (χ0n) is 15.4. The first-order chi connectivity index (χ1) is 12.3. The van der Waals surface area contributed by atoms with Gasteiger partial charge < -0.3 is 10.4 Å². The van der Waals surface area contributed by atoms with E-state index in [1.54, 1.807) is 11.3 Å². The van der Waals surface area contributed by atoms with E-state index >= 15 is 0 Å². The highest BCUT2D eigenvalue weighted by Gasteiger charge is 2.59. The number of benzene rings is 1. The summed E-state index contributed by atoms with van der Waals surface area (Å²) in [5.41, 5.74) is 1.16. The molecular formula is C21H26N2O2S. The summed E-state index contributed by atoms with van der Waals surface area (Å²) in [5.74, 6) is 1.25. The molecular weight excluding hydrogens is 344 g/mol. The summed E-state index contributed by atoms with van der Waals surface area (Å²) in [4.78, 5) is 17.4. The number of nitrogens with one attached hydrogen (secondary N) is 1. The third-order valence-corrected chi connectivity index (χ3v) is 8.05. The van der Waals surface area contributed by atoms with Gasteiger partial charge >= 0.3 is 0 Å². The Bertz CT molecular complexity index is 875. The van der Waals surface area contributed by atoms with Crippen LogP contribution in [0.5, 0.6) is 0 Å². The van der Waals surface area contributed by atoms with Crippen LogP contribution < -0.4 is 5.32 Å². The molecule has 0 unspecified atom stereocenters. The lowest BCUT2D eigenvalue weighted by Crippen LogP contribution is -2.61. The molecule has 26 heavy (non-hydrogen) atoms. The van der Waals surface area contributed by atoms with Crippen molar-refractivity contribution in [3.05, 3.63) is 28.8 Å². The fraction of sp³-hybridized carbons (Fsp3) is 0.619. The van der Waals surface area contributed by atoms with Gasteiger partial charge in [-0.3, -0.25) is 4.79 Å². The topological polar surface area (TPSA) is 62.2 Å². The minimum atomic E-state index is -0.486. The van der Waals surface area contributed by atoms with Crippen molar-refractivity contribution >= 4 is 27.5 Å². The summed E-state index contributed by atoms with van der Waals surface area (Å²) in [5, 5.41) is 15.3. The number of fused-ring (bicyclic) bond motifs is 1. The highest BCUT2D eigenvalue weighted by Crippen LogP contribution is 2.62. The molecule has 5 heteroatoms. The quantitative estimate of drug-likeness (QED) is 0.857. The molecule has 0 radical (unpaired) electrons. The maximum atomic E-state index is 12.9. The third kappa shape index (κ3) is 2.59. The highest BCUT2D eigenvalue weighted by molar-refractivity contribution is 7.18. The molecule has 0 saturated heterocycles. The maximum absolute atomic E-state index is 12.9. The number of rotatable bonds is 3. The Morgan fingerprint density at radius 2 is 2.04 bits per heavy atom. The minimum absolute atomic E-state index is 0.0206. The van der Waals surface area contributed by atoms with Crippen LogP contribution in [0.2, 0.25) is 0 Å². The van der Waals surface area contributed by atoms with E-state index in [1.165, 1.54) is 6.42 Å². The predicted octanol–water partition coefficient (Wildman–Crippen LogP) is 4.05. The fourth-order valence-electron chi connectivity index (χ4n) is 6.41. The monoisotopic (exact) mass is 370 g/mol. The molecule has 4 bridgehead atoms. The number of amides is 1. The molecule has 1 aromatic heterocycles. The maximum Gasteiger partial charge on any atom is 0.251 e. The number of hydrogen-bond acceptors (Lipinski definition) is 4. The fourth-order valence-corrected chi connectivity index (χ4v) is 7.22. The number of nitrogens with zero attached hydrogens (tertiary/aromatic N) is 1. The summed E-state index contributed by atoms with van der Waals surface area (Å²) in [7, 11) is 0. The van der Waals surface area contributed by atoms with Gasteiger partial charge in [-0.25, -0.2) is 4.98 Å². The first-order valence-corrected chi connectivity index (χ1v) is 10.6. The van der Waals surface area contributed by atoms with E-state index in [1.807, 2.05) is 25.1 Å². The molecule has 4 fully saturated rings. The van der Waals surface area contributed by atoms with Gasteiger partial charge in [0.15, 0.2) is 0 Å². The van der Waals surface area contributed by atoms with E-state index in [-0.39, 0.29) is 17.4 Å². The molecule has 1 amide bonds. The van der Waals surface area contributed by atoms with Gasteiger partial charge in [-0.05, 0) is 87.8 Å². The Morgan fingerprint density at radius 1 is 1.31 bits per heavy atom. The van der Waals surface area contributed by atoms with Gasteiger partial charge in [-0.15, -0.1) is 11.3 Å². The molecule has 2 N–H and O–H groups in total. The van der Waals surface area contributed by atoms with E-state index in [9.17, 15) is 9.90 Å². The van der Waals surface area contributed by atoms with Crippen LogP contribution in [0.15, 0.2) is 18.2 Å². The lowest BCUT2D eigenvalue weighted by Gasteiger charge is -2.62. The van der Waals surface area contributed by atoms with Crippen LogP contribution in [-0.4, -0.2) is 27.6 Å². The lowest BCUT2D eigenvalue weighted by molar-refractivity contribution is -0.171. The Morgan fingerprint density at radius 3 is 2.73 bits per heavy atom. The number of carbonyl (C=O) groups is 1. The minimum Gasteiger partial charge on any atom is -0.390 e. The predicted molar refractivity (Wildman–Crippen MR) is 103 cm³/mol. The molecule has 0 aliphatic heterocycles. The van der Waals surface area contributed by atoms with Crippen LogP contribution >= 0.6 is 11.3 Å². The Labute approximate surface area is 158 Å². The Balaban J connectivity index is 1.37. The first kappa shape index (κ1) is 16.7. The average Bonchev–Trinajstić information content (AvgIpc) is 2.91. The number of aryl methyl sites for hydroxylation is 1. The molecule has 2 aromatic rings. The molecule has 6 rings (SSSR count). The van der Waals surface area contributed by atoms with E-state index in [4.69, 9.17) is 0 Å². The summed E-state index contributed by atoms with van der Waals surface area (Å²) in [6.07, 6.45) is 6.34. The zero-order valence-corrected chi connectivity index (χ0v) is 16.2. The van der Waals surface area contributed by atoms with Crippen molar-refractivity contribution in [2.24, 2.45) is 17.3 Å². The van der Waals surface area contributed by atoms with Crippen LogP contribution in [0.4, 0.5) is 0 Å². The standard InChI is InChI=1S/C21H26N2O2S/c1-12(20-7-14-5-15(8-20)10-21(25,9-14)11-20)22-19(24)16-3-4-18-17(6-16)23-13(2)26-18/h3-4,6,12,14-15,25H,5,7-11H2,1-2H3,(H,22,24)/t12-,14-,15-,20?,21?/m1/s1. The third-order valence-electron chi connectivity index (χ3n) is 7.10. The lowest BCUT2D eigenvalue weighted by atomic mass is 9.46. The largest absolute Gasteiger partial charge is 0.390 e. The molecule has 4 nitrogen and oxygen atoms in total. The van der Waals surface area contributed by atoms with Crippen LogP contribution in [0.3, 0.4) is 0 Å². The number of hydrogen-bond donors (Lipinski definition) is 2. The van der Waals surface area contributed by atoms with Gasteiger partial charge in [0, 0.05) is 11.6 Å². The van der Waals surface area contributed by atoms with Crippen molar-refractivity contribution in [3.8, 4) is 0 Å². The molecule has 4 aliphatic rings. The van der Waals surface area contributed by atoms with E-state index < -0.39 is 5.60 Å². The van der Waals surface area contributed by atoms with Gasteiger partial charge in [-0.2, -0.15) is 0 Å². The van der Waals surface area contributed by atoms with Crippen LogP contribution in [0, 0.1) is 24.2 Å². The van der Waals surface area contributed by atoms with Crippen molar-refractivity contribution in [3.63, 3.8) is 0 Å². The summed E-state index contributed by atoms with van der Waals surface area (Å²) in [6.45, 7) is 4.13. The second kappa shape index (κ2) is 5.52. The van der Waals surface area contributed by atoms with Crippen molar-refractivity contribution in [1.82, 2.24) is 10.3 Å². The van der Waals surface area contributed by atoms with Gasteiger partial charge in [0.2, 0.25) is 0 Å². The number of thiazole rings is 1. The zero-order chi connectivity index (χ0) is 18.1.